The van der Waals surface area contributed by atoms with Crippen LogP contribution in [0.2, 0.25) is 0 Å². The van der Waals surface area contributed by atoms with E-state index in [0.717, 1.165) is 11.8 Å². The molecule has 0 saturated heterocycles. The summed E-state index contributed by atoms with van der Waals surface area (Å²) < 4.78 is 0. The van der Waals surface area contributed by atoms with Gasteiger partial charge in [-0.15, -0.1) is 0 Å². The standard InChI is InChI=1S/C14H30/c1-7-9-10-13(8-2)11-14(5,6)12(3)4/h12-13H,7-11H2,1-6H3. The molecular formula is C14H30. The fourth-order valence-electron chi connectivity index (χ4n) is 1.92. The van der Waals surface area contributed by atoms with E-state index in [0.29, 0.717) is 5.41 Å². The highest BCUT2D eigenvalue weighted by molar-refractivity contribution is 4.76. The lowest BCUT2D eigenvalue weighted by Gasteiger charge is -2.33. The minimum atomic E-state index is 0.522. The van der Waals surface area contributed by atoms with Crippen molar-refractivity contribution < 1.29 is 0 Å². The van der Waals surface area contributed by atoms with Crippen LogP contribution in [0.1, 0.15) is 73.6 Å². The van der Waals surface area contributed by atoms with Gasteiger partial charge in [0.15, 0.2) is 0 Å². The molecule has 0 N–H and O–H groups in total. The minimum Gasteiger partial charge on any atom is -0.0654 e. The fraction of sp³-hybridized carbons (Fsp3) is 1.00. The van der Waals surface area contributed by atoms with Crippen LogP contribution in [0.3, 0.4) is 0 Å². The molecule has 1 atom stereocenters. The second kappa shape index (κ2) is 6.48. The highest BCUT2D eigenvalue weighted by Crippen LogP contribution is 2.36. The quantitative estimate of drug-likeness (QED) is 0.522. The van der Waals surface area contributed by atoms with Gasteiger partial charge >= 0.3 is 0 Å². The lowest BCUT2D eigenvalue weighted by Crippen LogP contribution is -2.23. The molecule has 14 heavy (non-hydrogen) atoms. The van der Waals surface area contributed by atoms with Gasteiger partial charge in [0.2, 0.25) is 0 Å². The van der Waals surface area contributed by atoms with Crippen molar-refractivity contribution in [2.45, 2.75) is 73.6 Å². The van der Waals surface area contributed by atoms with E-state index in [1.165, 1.54) is 32.1 Å². The van der Waals surface area contributed by atoms with E-state index < -0.39 is 0 Å². The van der Waals surface area contributed by atoms with Crippen LogP contribution in [-0.4, -0.2) is 0 Å². The van der Waals surface area contributed by atoms with E-state index in [1.807, 2.05) is 0 Å². The Morgan fingerprint density at radius 3 is 2.00 bits per heavy atom. The molecule has 0 fully saturated rings. The molecule has 0 heteroatoms. The van der Waals surface area contributed by atoms with Crippen LogP contribution < -0.4 is 0 Å². The summed E-state index contributed by atoms with van der Waals surface area (Å²) in [5, 5.41) is 0. The van der Waals surface area contributed by atoms with Gasteiger partial charge in [-0.25, -0.2) is 0 Å². The van der Waals surface area contributed by atoms with Crippen LogP contribution in [0.4, 0.5) is 0 Å². The van der Waals surface area contributed by atoms with Gasteiger partial charge in [0.1, 0.15) is 0 Å². The van der Waals surface area contributed by atoms with Gasteiger partial charge in [-0.1, -0.05) is 67.2 Å². The van der Waals surface area contributed by atoms with Crippen LogP contribution >= 0.6 is 0 Å². The van der Waals surface area contributed by atoms with Crippen molar-refractivity contribution in [2.24, 2.45) is 17.3 Å². The molecular weight excluding hydrogens is 168 g/mol. The van der Waals surface area contributed by atoms with Gasteiger partial charge in [0, 0.05) is 0 Å². The lowest BCUT2D eigenvalue weighted by atomic mass is 9.73. The van der Waals surface area contributed by atoms with E-state index in [2.05, 4.69) is 41.5 Å². The summed E-state index contributed by atoms with van der Waals surface area (Å²) in [5.74, 6) is 1.76. The minimum absolute atomic E-state index is 0.522. The zero-order valence-electron chi connectivity index (χ0n) is 11.2. The predicted molar refractivity (Wildman–Crippen MR) is 66.5 cm³/mol. The van der Waals surface area contributed by atoms with Gasteiger partial charge in [0.25, 0.3) is 0 Å². The summed E-state index contributed by atoms with van der Waals surface area (Å²) in [4.78, 5) is 0. The van der Waals surface area contributed by atoms with Crippen LogP contribution in [0, 0.1) is 17.3 Å². The van der Waals surface area contributed by atoms with Crippen molar-refractivity contribution in [1.82, 2.24) is 0 Å². The number of hydrogen-bond acceptors (Lipinski definition) is 0. The van der Waals surface area contributed by atoms with Crippen molar-refractivity contribution in [3.05, 3.63) is 0 Å². The Bertz CT molecular complexity index is 133. The smallest absolute Gasteiger partial charge is 0.0329 e. The van der Waals surface area contributed by atoms with Crippen LogP contribution in [-0.2, 0) is 0 Å². The molecule has 0 aromatic heterocycles. The maximum absolute atomic E-state index is 2.42. The topological polar surface area (TPSA) is 0 Å². The number of unbranched alkanes of at least 4 members (excludes halogenated alkanes) is 1. The summed E-state index contributed by atoms with van der Waals surface area (Å²) in [5.41, 5.74) is 0.522. The Hall–Kier alpha value is 0. The molecule has 0 aromatic rings. The van der Waals surface area contributed by atoms with Crippen molar-refractivity contribution in [2.75, 3.05) is 0 Å². The third-order valence-electron chi connectivity index (χ3n) is 3.92. The van der Waals surface area contributed by atoms with Crippen LogP contribution in [0.5, 0.6) is 0 Å². The third-order valence-corrected chi connectivity index (χ3v) is 3.92. The summed E-state index contributed by atoms with van der Waals surface area (Å²) in [6, 6.07) is 0. The average molecular weight is 198 g/mol. The normalized spacial score (nSPS) is 14.8. The van der Waals surface area contributed by atoms with Gasteiger partial charge < -0.3 is 0 Å². The van der Waals surface area contributed by atoms with Gasteiger partial charge in [-0.3, -0.25) is 0 Å². The predicted octanol–water partition coefficient (Wildman–Crippen LogP) is 5.28. The average Bonchev–Trinajstić information content (AvgIpc) is 2.11. The second-order valence-corrected chi connectivity index (χ2v) is 5.76. The zero-order valence-corrected chi connectivity index (χ0v) is 11.2. The van der Waals surface area contributed by atoms with Crippen molar-refractivity contribution >= 4 is 0 Å². The van der Waals surface area contributed by atoms with E-state index in [-0.39, 0.29) is 0 Å². The maximum Gasteiger partial charge on any atom is -0.0329 e. The summed E-state index contributed by atoms with van der Waals surface area (Å²) in [6.45, 7) is 14.2. The SMILES string of the molecule is CCCCC(CC)CC(C)(C)C(C)C. The Labute approximate surface area is 91.5 Å². The number of hydrogen-bond donors (Lipinski definition) is 0. The molecule has 0 spiro atoms. The van der Waals surface area contributed by atoms with Crippen LogP contribution in [0.15, 0.2) is 0 Å². The second-order valence-electron chi connectivity index (χ2n) is 5.76. The molecule has 0 radical (unpaired) electrons. The molecule has 0 rings (SSSR count). The summed E-state index contributed by atoms with van der Waals surface area (Å²) in [6.07, 6.45) is 6.95. The molecule has 1 unspecified atom stereocenters. The van der Waals surface area contributed by atoms with E-state index in [1.54, 1.807) is 0 Å². The van der Waals surface area contributed by atoms with Crippen LogP contribution in [0.25, 0.3) is 0 Å². The number of rotatable bonds is 7. The maximum atomic E-state index is 2.42. The molecule has 86 valence electrons. The van der Waals surface area contributed by atoms with Gasteiger partial charge in [0.05, 0.1) is 0 Å². The Balaban J connectivity index is 4.02. The molecule has 0 aliphatic heterocycles. The highest BCUT2D eigenvalue weighted by atomic mass is 14.3. The van der Waals surface area contributed by atoms with Gasteiger partial charge in [-0.2, -0.15) is 0 Å². The fourth-order valence-corrected chi connectivity index (χ4v) is 1.92. The molecule has 0 saturated carbocycles. The van der Waals surface area contributed by atoms with E-state index in [4.69, 9.17) is 0 Å². The van der Waals surface area contributed by atoms with Crippen molar-refractivity contribution in [1.29, 1.82) is 0 Å². The first-order valence-corrected chi connectivity index (χ1v) is 6.44. The van der Waals surface area contributed by atoms with E-state index >= 15 is 0 Å². The molecule has 0 aromatic carbocycles. The Kier molecular flexibility index (Phi) is 6.48. The summed E-state index contributed by atoms with van der Waals surface area (Å²) >= 11 is 0. The first-order valence-electron chi connectivity index (χ1n) is 6.44. The first kappa shape index (κ1) is 14.0. The molecule has 0 heterocycles. The first-order chi connectivity index (χ1) is 6.44. The molecule has 0 bridgehead atoms. The van der Waals surface area contributed by atoms with Crippen molar-refractivity contribution in [3.8, 4) is 0 Å². The Morgan fingerprint density at radius 1 is 1.07 bits per heavy atom. The zero-order chi connectivity index (χ0) is 11.2. The van der Waals surface area contributed by atoms with Gasteiger partial charge in [-0.05, 0) is 23.7 Å². The molecule has 0 amide bonds. The Morgan fingerprint density at radius 2 is 1.64 bits per heavy atom. The molecule has 0 aliphatic rings. The molecule has 0 nitrogen and oxygen atoms in total. The van der Waals surface area contributed by atoms with Crippen molar-refractivity contribution in [3.63, 3.8) is 0 Å². The lowest BCUT2D eigenvalue weighted by molar-refractivity contribution is 0.178. The van der Waals surface area contributed by atoms with E-state index in [9.17, 15) is 0 Å². The monoisotopic (exact) mass is 198 g/mol. The highest BCUT2D eigenvalue weighted by Gasteiger charge is 2.25. The molecule has 0 aliphatic carbocycles. The summed E-state index contributed by atoms with van der Waals surface area (Å²) in [7, 11) is 0. The largest absolute Gasteiger partial charge is 0.0654 e. The third kappa shape index (κ3) is 5.02.